The summed E-state index contributed by atoms with van der Waals surface area (Å²) in [4.78, 5) is 45.2. The van der Waals surface area contributed by atoms with Gasteiger partial charge in [-0.25, -0.2) is 28.4 Å². The minimum atomic E-state index is -3.49. The average Bonchev–Trinajstić information content (AvgIpc) is 0.790. The molecule has 12 aromatic rings. The van der Waals surface area contributed by atoms with Gasteiger partial charge in [0.1, 0.15) is 61.0 Å². The topological polar surface area (TPSA) is 342 Å². The summed E-state index contributed by atoms with van der Waals surface area (Å²) in [5.41, 5.74) is 9.09. The monoisotopic (exact) mass is 1900 g/mol. The normalized spacial score (nSPS) is 14.1. The van der Waals surface area contributed by atoms with Gasteiger partial charge >= 0.3 is 0 Å². The van der Waals surface area contributed by atoms with E-state index < -0.39 is 43.7 Å². The number of piperazine rings is 1. The maximum absolute atomic E-state index is 12.8. The number of para-hydroxylation sites is 2. The summed E-state index contributed by atoms with van der Waals surface area (Å²) in [6.45, 7) is 29.1. The zero-order chi connectivity index (χ0) is 92.4. The van der Waals surface area contributed by atoms with Crippen LogP contribution in [0.3, 0.4) is 0 Å². The third kappa shape index (κ3) is 27.5. The van der Waals surface area contributed by atoms with Crippen molar-refractivity contribution in [2.75, 3.05) is 192 Å². The van der Waals surface area contributed by atoms with Gasteiger partial charge in [-0.2, -0.15) is 19.9 Å². The van der Waals surface area contributed by atoms with Gasteiger partial charge in [0.25, 0.3) is 0 Å². The molecule has 0 unspecified atom stereocenters. The van der Waals surface area contributed by atoms with Gasteiger partial charge in [-0.15, -0.1) is 0 Å². The smallest absolute Gasteiger partial charge is 0.229 e. The Labute approximate surface area is 771 Å². The fourth-order valence-corrected chi connectivity index (χ4v) is 18.9. The molecule has 0 atom stereocenters. The van der Waals surface area contributed by atoms with Crippen LogP contribution < -0.4 is 83.0 Å². The molecule has 7 heterocycles. The van der Waals surface area contributed by atoms with Crippen molar-refractivity contribution in [2.24, 2.45) is 0 Å². The molecule has 0 spiro atoms. The predicted octanol–water partition coefficient (Wildman–Crippen LogP) is 19.4. The van der Waals surface area contributed by atoms with E-state index in [0.717, 1.165) is 125 Å². The van der Waals surface area contributed by atoms with Crippen LogP contribution in [-0.4, -0.2) is 210 Å². The van der Waals surface area contributed by atoms with Gasteiger partial charge in [-0.3, -0.25) is 4.90 Å². The van der Waals surface area contributed by atoms with Crippen molar-refractivity contribution in [3.63, 3.8) is 0 Å². The number of sulfone groups is 1. The van der Waals surface area contributed by atoms with E-state index in [1.54, 1.807) is 142 Å². The highest BCUT2D eigenvalue weighted by Gasteiger charge is 2.29. The molecule has 29 nitrogen and oxygen atoms in total. The van der Waals surface area contributed by atoms with Gasteiger partial charge in [0, 0.05) is 137 Å². The number of nitrogens with zero attached hydrogens (tertiary/aromatic N) is 12. The molecular weight excluding hydrogens is 1790 g/mol. The largest absolute Gasteiger partial charge is 0.495 e. The third-order valence-corrected chi connectivity index (χ3v) is 30.6. The third-order valence-electron chi connectivity index (χ3n) is 21.4. The molecule has 8 N–H and O–H groups in total. The van der Waals surface area contributed by atoms with Crippen molar-refractivity contribution < 1.29 is 40.9 Å². The maximum Gasteiger partial charge on any atom is 0.229 e. The number of aromatic nitrogens is 8. The molecule has 0 saturated carbocycles. The molecule has 0 aliphatic carbocycles. The lowest BCUT2D eigenvalue weighted by molar-refractivity contribution is 0.0982. The number of halogens is 3. The molecule has 3 fully saturated rings. The fourth-order valence-electron chi connectivity index (χ4n) is 13.9. The van der Waals surface area contributed by atoms with E-state index in [0.29, 0.717) is 90.6 Å². The van der Waals surface area contributed by atoms with E-state index in [1.807, 2.05) is 128 Å². The Kier molecular flexibility index (Phi) is 33.1. The fraction of sp³-hybridized carbons (Fsp3) is 0.304. The van der Waals surface area contributed by atoms with Crippen molar-refractivity contribution in [1.29, 1.82) is 0 Å². The SMILES string of the molecule is COc1cc(N2CCC(N3CCN(C)CC3)CC2)ccc1Nc1ncc(Cl)c(Nc2ccc(P(C)(C)=O)cc2)n1.COc1cc(P(C)(C)=O)ccc1Nc1ncc(C)c(Nc2ccccc2S(=O)(=O)C(C)C)n1.CP(C)(=O)c1ccc(Nc2ncc(Cl)c(Nc3ccc(N4CCOCC4)cc3)n2)cc1.CP(C)(=O)c1ccc(Nc2ncc(Cl)c(Nc3ccccc3)n2)cc1. The minimum absolute atomic E-state index is 0.216. The van der Waals surface area contributed by atoms with E-state index >= 15 is 0 Å². The number of nitrogens with one attached hydrogen (secondary N) is 8. The molecule has 15 rings (SSSR count). The number of benzene rings is 8. The van der Waals surface area contributed by atoms with Crippen molar-refractivity contribution in [3.8, 4) is 11.5 Å². The first-order valence-electron chi connectivity index (χ1n) is 41.9. The number of ether oxygens (including phenoxy) is 3. The first-order chi connectivity index (χ1) is 61.4. The Balaban J connectivity index is 0.000000158. The van der Waals surface area contributed by atoms with Gasteiger partial charge in [-0.1, -0.05) is 65.1 Å². The number of piperidine rings is 1. The number of likely N-dealkylation sites (N-methyl/N-ethyl adjacent to an activating group) is 1. The summed E-state index contributed by atoms with van der Waals surface area (Å²) in [6, 6.07) is 59.1. The number of hydrogen-bond donors (Lipinski definition) is 8. The summed E-state index contributed by atoms with van der Waals surface area (Å²) in [7, 11) is -7.36. The van der Waals surface area contributed by atoms with E-state index in [2.05, 4.69) is 133 Å². The Morgan fingerprint density at radius 2 is 0.775 bits per heavy atom. The van der Waals surface area contributed by atoms with Crippen LogP contribution in [-0.2, 0) is 32.8 Å². The summed E-state index contributed by atoms with van der Waals surface area (Å²) in [5.74, 6) is 4.77. The first kappa shape index (κ1) is 97.4. The van der Waals surface area contributed by atoms with Crippen LogP contribution >= 0.6 is 63.4 Å². The number of hydrogen-bond acceptors (Lipinski definition) is 29. The lowest BCUT2D eigenvalue weighted by Gasteiger charge is -2.42. The van der Waals surface area contributed by atoms with Gasteiger partial charge in [0.2, 0.25) is 23.8 Å². The number of anilines is 18. The highest BCUT2D eigenvalue weighted by molar-refractivity contribution is 7.92. The van der Waals surface area contributed by atoms with Crippen molar-refractivity contribution >= 4 is 198 Å². The zero-order valence-corrected chi connectivity index (χ0v) is 81.4. The second-order valence-electron chi connectivity index (χ2n) is 32.9. The molecular formula is C92H111Cl3N20O9P4S. The molecule has 3 aliphatic heterocycles. The van der Waals surface area contributed by atoms with Crippen LogP contribution in [0, 0.1) is 6.92 Å². The lowest BCUT2D eigenvalue weighted by atomic mass is 10.0. The first-order valence-corrected chi connectivity index (χ1v) is 55.0. The minimum Gasteiger partial charge on any atom is -0.495 e. The summed E-state index contributed by atoms with van der Waals surface area (Å²) < 4.78 is 91.1. The molecule has 680 valence electrons. The Morgan fingerprint density at radius 3 is 1.22 bits per heavy atom. The van der Waals surface area contributed by atoms with Crippen LogP contribution in [0.1, 0.15) is 32.3 Å². The molecule has 0 bridgehead atoms. The average molecular weight is 1900 g/mol. The van der Waals surface area contributed by atoms with Crippen LogP contribution in [0.4, 0.5) is 104 Å². The van der Waals surface area contributed by atoms with E-state index in [9.17, 15) is 26.7 Å². The predicted molar refractivity (Wildman–Crippen MR) is 535 cm³/mol. The van der Waals surface area contributed by atoms with Gasteiger partial charge in [0.15, 0.2) is 27.3 Å². The van der Waals surface area contributed by atoms with Crippen molar-refractivity contribution in [3.05, 3.63) is 233 Å². The van der Waals surface area contributed by atoms with Crippen LogP contribution in [0.15, 0.2) is 218 Å². The molecule has 4 aromatic heterocycles. The highest BCUT2D eigenvalue weighted by Crippen LogP contribution is 2.42. The second kappa shape index (κ2) is 43.8. The van der Waals surface area contributed by atoms with Crippen molar-refractivity contribution in [1.82, 2.24) is 49.7 Å². The van der Waals surface area contributed by atoms with Crippen molar-refractivity contribution in [2.45, 2.75) is 49.8 Å². The molecule has 129 heavy (non-hydrogen) atoms. The highest BCUT2D eigenvalue weighted by atomic mass is 35.5. The standard InChI is InChI=1S/C29H39ClN7O2P.C23H29N4O4PS.C22H25ClN5O2P.C18H18ClN4OP/c1-35-15-17-37(18-16-35)22-11-13-36(14-12-22)23-7-10-26(27(19-23)39-2)33-29-31-20-25(30)28(34-29)32-21-5-8-24(9-6-21)40(3,4)38;1-15(2)33(29,30)21-10-8-7-9-19(21)25-22-16(3)14-24-23(27-22)26-18-12-11-17(32(5,6)28)13-20(18)31-4;1-31(2,29)19-9-5-17(6-10-19)26-22-24-15-20(23)21(27-22)25-16-3-7-18(8-4-16)28-11-13-30-14-12-28;1-25(2,24)15-10-8-14(9-11-15)22-18-20-12-16(19)17(23-18)21-13-6-4-3-5-7-13/h5-10,19-20,22H,11-18H2,1-4H3,(H2,31,32,33,34);7-15H,1-6H3,(H2,24,25,26,27);3-10,15H,11-14H2,1-2H3,(H2,24,25,26,27);3-12H,1-2H3,(H2,20,21,22,23). The summed E-state index contributed by atoms with van der Waals surface area (Å²) >= 11 is 18.9. The van der Waals surface area contributed by atoms with Gasteiger partial charge in [-0.05, 0) is 246 Å². The number of aryl methyl sites for hydroxylation is 1. The van der Waals surface area contributed by atoms with Crippen LogP contribution in [0.5, 0.6) is 11.5 Å². The molecule has 3 saturated heterocycles. The Morgan fingerprint density at radius 1 is 0.403 bits per heavy atom. The molecule has 3 aliphatic rings. The molecule has 8 aromatic carbocycles. The Hall–Kier alpha value is -10.7. The molecule has 0 amide bonds. The molecule has 0 radical (unpaired) electrons. The number of methoxy groups -OCH3 is 2. The maximum atomic E-state index is 12.8. The van der Waals surface area contributed by atoms with Crippen LogP contribution in [0.2, 0.25) is 15.1 Å². The van der Waals surface area contributed by atoms with E-state index in [1.165, 1.54) is 33.0 Å². The van der Waals surface area contributed by atoms with Gasteiger partial charge < -0.3 is 89.7 Å². The van der Waals surface area contributed by atoms with Gasteiger partial charge in [0.05, 0.1) is 73.2 Å². The van der Waals surface area contributed by atoms with E-state index in [-0.39, 0.29) is 4.90 Å². The summed E-state index contributed by atoms with van der Waals surface area (Å²) in [6.07, 6.45) is 8.67. The second-order valence-corrected chi connectivity index (χ2v) is 49.4. The Bertz CT molecular complexity index is 6150. The number of rotatable bonds is 27. The number of morpholine rings is 1. The molecule has 37 heteroatoms. The van der Waals surface area contributed by atoms with Crippen LogP contribution in [0.25, 0.3) is 0 Å². The lowest BCUT2D eigenvalue weighted by Crippen LogP contribution is -2.52. The summed E-state index contributed by atoms with van der Waals surface area (Å²) in [5, 5.41) is 29.4. The van der Waals surface area contributed by atoms with E-state index in [4.69, 9.17) is 49.0 Å². The quantitative estimate of drug-likeness (QED) is 0.0222. The zero-order valence-electron chi connectivity index (χ0n) is 74.7.